The number of rotatable bonds is 6. The lowest BCUT2D eigenvalue weighted by atomic mass is 9.79. The molecule has 0 bridgehead atoms. The van der Waals surface area contributed by atoms with Crippen molar-refractivity contribution in [3.63, 3.8) is 0 Å². The summed E-state index contributed by atoms with van der Waals surface area (Å²) in [5.74, 6) is -1.00. The molecule has 3 unspecified atom stereocenters. The molecule has 0 radical (unpaired) electrons. The minimum atomic E-state index is -1.12. The maximum Gasteiger partial charge on any atom is 0.407 e. The SMILES string of the molecule is COC(=O)C(C[C@@H]1CCNC1=O)NC(=O)C1CC(C2CCCCC2)CN1C(=O)O. The summed E-state index contributed by atoms with van der Waals surface area (Å²) in [6.07, 6.45) is 5.77. The van der Waals surface area contributed by atoms with E-state index in [1.807, 2.05) is 0 Å². The molecule has 2 heterocycles. The Kier molecular flexibility index (Phi) is 6.97. The van der Waals surface area contributed by atoms with Gasteiger partial charge in [0.05, 0.1) is 7.11 Å². The number of nitrogens with one attached hydrogen (secondary N) is 2. The molecule has 0 aromatic heterocycles. The van der Waals surface area contributed by atoms with Crippen LogP contribution in [0.3, 0.4) is 0 Å². The van der Waals surface area contributed by atoms with E-state index in [2.05, 4.69) is 10.6 Å². The van der Waals surface area contributed by atoms with Crippen molar-refractivity contribution >= 4 is 23.9 Å². The van der Waals surface area contributed by atoms with Gasteiger partial charge >= 0.3 is 12.1 Å². The molecule has 3 fully saturated rings. The van der Waals surface area contributed by atoms with Crippen LogP contribution in [0.25, 0.3) is 0 Å². The van der Waals surface area contributed by atoms with Crippen LogP contribution in [-0.4, -0.2) is 66.2 Å². The largest absolute Gasteiger partial charge is 0.467 e. The van der Waals surface area contributed by atoms with E-state index in [0.29, 0.717) is 31.8 Å². The fourth-order valence-electron chi connectivity index (χ4n) is 5.05. The highest BCUT2D eigenvalue weighted by atomic mass is 16.5. The van der Waals surface area contributed by atoms with Crippen molar-refractivity contribution in [1.82, 2.24) is 15.5 Å². The van der Waals surface area contributed by atoms with Crippen LogP contribution in [0.5, 0.6) is 0 Å². The first-order valence-electron chi connectivity index (χ1n) is 10.6. The van der Waals surface area contributed by atoms with Gasteiger partial charge in [-0.15, -0.1) is 0 Å². The van der Waals surface area contributed by atoms with Crippen LogP contribution < -0.4 is 10.6 Å². The van der Waals surface area contributed by atoms with E-state index in [1.165, 1.54) is 18.4 Å². The molecular weight excluding hydrogens is 378 g/mol. The molecule has 4 atom stereocenters. The summed E-state index contributed by atoms with van der Waals surface area (Å²) in [4.78, 5) is 49.9. The molecule has 3 N–H and O–H groups in total. The van der Waals surface area contributed by atoms with Gasteiger partial charge in [-0.2, -0.15) is 0 Å². The van der Waals surface area contributed by atoms with E-state index >= 15 is 0 Å². The number of amides is 3. The Morgan fingerprint density at radius 1 is 1.21 bits per heavy atom. The van der Waals surface area contributed by atoms with Crippen LogP contribution in [0.15, 0.2) is 0 Å². The van der Waals surface area contributed by atoms with Gasteiger partial charge < -0.3 is 20.5 Å². The molecule has 1 aliphatic carbocycles. The molecule has 2 aliphatic heterocycles. The molecule has 3 aliphatic rings. The summed E-state index contributed by atoms with van der Waals surface area (Å²) in [5.41, 5.74) is 0. The average Bonchev–Trinajstić information content (AvgIpc) is 3.34. The fraction of sp³-hybridized carbons (Fsp3) is 0.800. The number of carboxylic acid groups (broad SMARTS) is 1. The first kappa shape index (κ1) is 21.4. The number of hydrogen-bond donors (Lipinski definition) is 3. The maximum atomic E-state index is 13.0. The quantitative estimate of drug-likeness (QED) is 0.565. The highest BCUT2D eigenvalue weighted by molar-refractivity contribution is 5.90. The first-order valence-corrected chi connectivity index (χ1v) is 10.6. The molecule has 1 saturated carbocycles. The van der Waals surface area contributed by atoms with Crippen LogP contribution in [0.4, 0.5) is 4.79 Å². The van der Waals surface area contributed by atoms with Gasteiger partial charge in [0, 0.05) is 19.0 Å². The number of carbonyl (C=O) groups is 4. The van der Waals surface area contributed by atoms with Gasteiger partial charge in [0.15, 0.2) is 0 Å². The summed E-state index contributed by atoms with van der Waals surface area (Å²) in [6, 6.07) is -1.78. The number of hydrogen-bond acceptors (Lipinski definition) is 5. The van der Waals surface area contributed by atoms with Crippen LogP contribution in [0, 0.1) is 17.8 Å². The van der Waals surface area contributed by atoms with Crippen LogP contribution in [-0.2, 0) is 19.1 Å². The molecule has 29 heavy (non-hydrogen) atoms. The monoisotopic (exact) mass is 409 g/mol. The summed E-state index contributed by atoms with van der Waals surface area (Å²) in [7, 11) is 1.23. The Bertz CT molecular complexity index is 648. The number of methoxy groups -OCH3 is 1. The number of carbonyl (C=O) groups excluding carboxylic acids is 3. The Labute approximate surface area is 170 Å². The lowest BCUT2D eigenvalue weighted by molar-refractivity contribution is -0.146. The normalized spacial score (nSPS) is 28.7. The number of likely N-dealkylation sites (tertiary alicyclic amines) is 1. The molecule has 162 valence electrons. The van der Waals surface area contributed by atoms with E-state index in [1.54, 1.807) is 0 Å². The van der Waals surface area contributed by atoms with E-state index in [4.69, 9.17) is 4.74 Å². The van der Waals surface area contributed by atoms with Gasteiger partial charge in [0.1, 0.15) is 12.1 Å². The van der Waals surface area contributed by atoms with Crippen molar-refractivity contribution < 1.29 is 29.0 Å². The lowest BCUT2D eigenvalue weighted by Gasteiger charge is -2.26. The Hall–Kier alpha value is -2.32. The zero-order chi connectivity index (χ0) is 21.0. The van der Waals surface area contributed by atoms with Crippen molar-refractivity contribution in [2.45, 2.75) is 63.5 Å². The third-order valence-electron chi connectivity index (χ3n) is 6.68. The third-order valence-corrected chi connectivity index (χ3v) is 6.68. The highest BCUT2D eigenvalue weighted by Gasteiger charge is 2.44. The Balaban J connectivity index is 1.67. The van der Waals surface area contributed by atoms with Gasteiger partial charge in [-0.05, 0) is 31.1 Å². The van der Waals surface area contributed by atoms with Crippen LogP contribution in [0.2, 0.25) is 0 Å². The van der Waals surface area contributed by atoms with Gasteiger partial charge in [0.2, 0.25) is 11.8 Å². The first-order chi connectivity index (χ1) is 13.9. The summed E-state index contributed by atoms with van der Waals surface area (Å²) >= 11 is 0. The lowest BCUT2D eigenvalue weighted by Crippen LogP contribution is -2.51. The van der Waals surface area contributed by atoms with Crippen molar-refractivity contribution in [3.8, 4) is 0 Å². The number of esters is 1. The molecule has 9 heteroatoms. The minimum Gasteiger partial charge on any atom is -0.467 e. The number of ether oxygens (including phenoxy) is 1. The fourth-order valence-corrected chi connectivity index (χ4v) is 5.05. The van der Waals surface area contributed by atoms with Crippen molar-refractivity contribution in [1.29, 1.82) is 0 Å². The van der Waals surface area contributed by atoms with Gasteiger partial charge in [0.25, 0.3) is 0 Å². The molecule has 9 nitrogen and oxygen atoms in total. The maximum absolute atomic E-state index is 13.0. The van der Waals surface area contributed by atoms with Crippen LogP contribution in [0.1, 0.15) is 51.4 Å². The predicted molar refractivity (Wildman–Crippen MR) is 103 cm³/mol. The molecule has 0 spiro atoms. The topological polar surface area (TPSA) is 125 Å². The van der Waals surface area contributed by atoms with E-state index < -0.39 is 30.1 Å². The summed E-state index contributed by atoms with van der Waals surface area (Å²) in [5, 5.41) is 15.0. The Morgan fingerprint density at radius 2 is 1.93 bits per heavy atom. The zero-order valence-electron chi connectivity index (χ0n) is 16.9. The van der Waals surface area contributed by atoms with Gasteiger partial charge in [-0.1, -0.05) is 32.1 Å². The second kappa shape index (κ2) is 9.45. The van der Waals surface area contributed by atoms with E-state index in [0.717, 1.165) is 25.7 Å². The minimum absolute atomic E-state index is 0.140. The summed E-state index contributed by atoms with van der Waals surface area (Å²) in [6.45, 7) is 0.899. The van der Waals surface area contributed by atoms with Crippen molar-refractivity contribution in [3.05, 3.63) is 0 Å². The molecule has 0 aromatic rings. The van der Waals surface area contributed by atoms with Gasteiger partial charge in [-0.3, -0.25) is 14.5 Å². The van der Waals surface area contributed by atoms with Crippen molar-refractivity contribution in [2.24, 2.45) is 17.8 Å². The molecule has 3 amide bonds. The van der Waals surface area contributed by atoms with Crippen LogP contribution >= 0.6 is 0 Å². The predicted octanol–water partition coefficient (Wildman–Crippen LogP) is 1.12. The highest BCUT2D eigenvalue weighted by Crippen LogP contribution is 2.37. The zero-order valence-corrected chi connectivity index (χ0v) is 16.9. The van der Waals surface area contributed by atoms with Gasteiger partial charge in [-0.25, -0.2) is 9.59 Å². The smallest absolute Gasteiger partial charge is 0.407 e. The second-order valence-corrected chi connectivity index (χ2v) is 8.44. The van der Waals surface area contributed by atoms with E-state index in [9.17, 15) is 24.3 Å². The van der Waals surface area contributed by atoms with E-state index in [-0.39, 0.29) is 24.2 Å². The molecule has 0 aromatic carbocycles. The van der Waals surface area contributed by atoms with Crippen molar-refractivity contribution in [2.75, 3.05) is 20.2 Å². The Morgan fingerprint density at radius 3 is 2.52 bits per heavy atom. The number of nitrogens with zero attached hydrogens (tertiary/aromatic N) is 1. The molecular formula is C20H31N3O6. The standard InChI is InChI=1S/C20H31N3O6/c1-29-19(26)15(9-13-7-8-21-17(13)24)22-18(25)16-10-14(11-23(16)20(27)28)12-5-3-2-4-6-12/h12-16H,2-11H2,1H3,(H,21,24)(H,22,25)(H,27,28)/t13-,14?,15?,16?/m0/s1. The molecule has 3 rings (SSSR count). The second-order valence-electron chi connectivity index (χ2n) is 8.44. The average molecular weight is 409 g/mol. The molecule has 2 saturated heterocycles. The third kappa shape index (κ3) is 5.00. The summed E-state index contributed by atoms with van der Waals surface area (Å²) < 4.78 is 4.80.